The summed E-state index contributed by atoms with van der Waals surface area (Å²) in [7, 11) is 0. The van der Waals surface area contributed by atoms with Crippen molar-refractivity contribution in [2.24, 2.45) is 5.92 Å². The summed E-state index contributed by atoms with van der Waals surface area (Å²) in [4.78, 5) is 31.2. The van der Waals surface area contributed by atoms with E-state index in [1.807, 2.05) is 51.7 Å². The summed E-state index contributed by atoms with van der Waals surface area (Å²) in [5.74, 6) is 0.888. The highest BCUT2D eigenvalue weighted by atomic mass is 35.5. The van der Waals surface area contributed by atoms with Crippen LogP contribution in [0.25, 0.3) is 0 Å². The highest BCUT2D eigenvalue weighted by Crippen LogP contribution is 2.34. The second kappa shape index (κ2) is 10.8. The van der Waals surface area contributed by atoms with E-state index in [-0.39, 0.29) is 36.0 Å². The van der Waals surface area contributed by atoms with Gasteiger partial charge in [0.15, 0.2) is 0 Å². The predicted octanol–water partition coefficient (Wildman–Crippen LogP) is 5.37. The summed E-state index contributed by atoms with van der Waals surface area (Å²) in [5.41, 5.74) is 0.754. The fourth-order valence-corrected chi connectivity index (χ4v) is 4.95. The second-order valence-electron chi connectivity index (χ2n) is 9.87. The summed E-state index contributed by atoms with van der Waals surface area (Å²) < 4.78 is 6.05. The van der Waals surface area contributed by atoms with Crippen LogP contribution in [0, 0.1) is 5.92 Å². The summed E-state index contributed by atoms with van der Waals surface area (Å²) in [6.45, 7) is 11.4. The maximum absolute atomic E-state index is 13.5. The standard InChI is InChI=1S/C25H34ClN3O3S/c1-17(2)14-28(24(31)27-25(3,4)5)15-23(30)29-12-10-22-20(11-13-33-22)21(29)16-32-19-8-6-18(26)7-9-19/h6-9,11,13,17,21H,10,12,14-16H2,1-5H3,(H,27,31)/t21-/m1/s1. The molecule has 1 N–H and O–H groups in total. The van der Waals surface area contributed by atoms with Crippen molar-refractivity contribution >= 4 is 34.9 Å². The van der Waals surface area contributed by atoms with Crippen LogP contribution in [0.5, 0.6) is 5.75 Å². The quantitative estimate of drug-likeness (QED) is 0.566. The topological polar surface area (TPSA) is 61.9 Å². The molecule has 1 atom stereocenters. The minimum absolute atomic E-state index is 0.0387. The first-order chi connectivity index (χ1) is 15.5. The van der Waals surface area contributed by atoms with E-state index in [1.165, 1.54) is 4.88 Å². The molecule has 0 saturated carbocycles. The highest BCUT2D eigenvalue weighted by Gasteiger charge is 2.34. The Bertz CT molecular complexity index is 953. The van der Waals surface area contributed by atoms with E-state index in [9.17, 15) is 9.59 Å². The highest BCUT2D eigenvalue weighted by molar-refractivity contribution is 7.10. The number of hydrogen-bond donors (Lipinski definition) is 1. The molecule has 8 heteroatoms. The molecule has 6 nitrogen and oxygen atoms in total. The number of rotatable bonds is 7. The van der Waals surface area contributed by atoms with Gasteiger partial charge >= 0.3 is 6.03 Å². The second-order valence-corrected chi connectivity index (χ2v) is 11.3. The summed E-state index contributed by atoms with van der Waals surface area (Å²) in [6, 6.07) is 8.89. The molecule has 1 aromatic carbocycles. The molecule has 3 amide bonds. The lowest BCUT2D eigenvalue weighted by atomic mass is 10.0. The van der Waals surface area contributed by atoms with Crippen molar-refractivity contribution in [1.29, 1.82) is 0 Å². The number of ether oxygens (including phenoxy) is 1. The van der Waals surface area contributed by atoms with Crippen LogP contribution in [0.15, 0.2) is 35.7 Å². The Balaban J connectivity index is 1.76. The van der Waals surface area contributed by atoms with E-state index < -0.39 is 0 Å². The smallest absolute Gasteiger partial charge is 0.318 e. The monoisotopic (exact) mass is 491 g/mol. The van der Waals surface area contributed by atoms with Crippen molar-refractivity contribution in [3.63, 3.8) is 0 Å². The Morgan fingerprint density at radius 2 is 1.94 bits per heavy atom. The van der Waals surface area contributed by atoms with Crippen molar-refractivity contribution in [3.05, 3.63) is 51.2 Å². The van der Waals surface area contributed by atoms with Gasteiger partial charge in [0.05, 0.1) is 6.04 Å². The third-order valence-corrected chi connectivity index (χ3v) is 6.57. The molecule has 0 radical (unpaired) electrons. The number of nitrogens with zero attached hydrogens (tertiary/aromatic N) is 2. The lowest BCUT2D eigenvalue weighted by Gasteiger charge is -2.37. The molecule has 0 bridgehead atoms. The van der Waals surface area contributed by atoms with Gasteiger partial charge in [0.25, 0.3) is 0 Å². The van der Waals surface area contributed by atoms with Crippen LogP contribution in [0.2, 0.25) is 5.02 Å². The van der Waals surface area contributed by atoms with Crippen molar-refractivity contribution in [1.82, 2.24) is 15.1 Å². The van der Waals surface area contributed by atoms with Gasteiger partial charge in [-0.2, -0.15) is 0 Å². The number of halogens is 1. The lowest BCUT2D eigenvalue weighted by Crippen LogP contribution is -2.53. The first-order valence-corrected chi connectivity index (χ1v) is 12.6. The average molecular weight is 492 g/mol. The number of fused-ring (bicyclic) bond motifs is 1. The van der Waals surface area contributed by atoms with E-state index in [1.54, 1.807) is 28.4 Å². The van der Waals surface area contributed by atoms with Crippen LogP contribution in [0.3, 0.4) is 0 Å². The molecule has 1 aliphatic rings. The van der Waals surface area contributed by atoms with Crippen molar-refractivity contribution < 1.29 is 14.3 Å². The Kier molecular flexibility index (Phi) is 8.29. The van der Waals surface area contributed by atoms with Gasteiger partial charge in [-0.05, 0) is 74.4 Å². The third-order valence-electron chi connectivity index (χ3n) is 5.32. The molecule has 1 aliphatic heterocycles. The fraction of sp³-hybridized carbons (Fsp3) is 0.520. The number of amides is 3. The van der Waals surface area contributed by atoms with Gasteiger partial charge in [-0.3, -0.25) is 4.79 Å². The van der Waals surface area contributed by atoms with E-state index in [0.29, 0.717) is 30.5 Å². The van der Waals surface area contributed by atoms with Crippen LogP contribution < -0.4 is 10.1 Å². The van der Waals surface area contributed by atoms with Gasteiger partial charge in [-0.1, -0.05) is 25.4 Å². The van der Waals surface area contributed by atoms with E-state index >= 15 is 0 Å². The number of benzene rings is 1. The van der Waals surface area contributed by atoms with Gasteiger partial charge in [0.1, 0.15) is 18.9 Å². The number of thiophene rings is 1. The van der Waals surface area contributed by atoms with Crippen LogP contribution in [-0.2, 0) is 11.2 Å². The molecular weight excluding hydrogens is 458 g/mol. The molecule has 2 aromatic rings. The number of urea groups is 1. The molecule has 1 aromatic heterocycles. The molecule has 0 unspecified atom stereocenters. The predicted molar refractivity (Wildman–Crippen MR) is 134 cm³/mol. The molecule has 2 heterocycles. The van der Waals surface area contributed by atoms with Crippen LogP contribution in [-0.4, -0.2) is 53.5 Å². The molecular formula is C25H34ClN3O3S. The molecule has 0 aliphatic carbocycles. The molecule has 0 fully saturated rings. The Morgan fingerprint density at radius 1 is 1.24 bits per heavy atom. The number of carbonyl (C=O) groups excluding carboxylic acids is 2. The van der Waals surface area contributed by atoms with Crippen LogP contribution >= 0.6 is 22.9 Å². The molecule has 3 rings (SSSR count). The number of nitrogens with one attached hydrogen (secondary N) is 1. The van der Waals surface area contributed by atoms with E-state index in [2.05, 4.69) is 16.8 Å². The fourth-order valence-electron chi connectivity index (χ4n) is 3.89. The number of carbonyl (C=O) groups is 2. The molecule has 0 spiro atoms. The maximum Gasteiger partial charge on any atom is 0.318 e. The largest absolute Gasteiger partial charge is 0.491 e. The zero-order valence-electron chi connectivity index (χ0n) is 20.1. The number of hydrogen-bond acceptors (Lipinski definition) is 4. The summed E-state index contributed by atoms with van der Waals surface area (Å²) >= 11 is 7.70. The SMILES string of the molecule is CC(C)CN(CC(=O)N1CCc2sccc2[C@H]1COc1ccc(Cl)cc1)C(=O)NC(C)(C)C. The molecule has 0 saturated heterocycles. The van der Waals surface area contributed by atoms with Crippen LogP contribution in [0.4, 0.5) is 4.79 Å². The lowest BCUT2D eigenvalue weighted by molar-refractivity contribution is -0.135. The van der Waals surface area contributed by atoms with Gasteiger partial charge in [-0.25, -0.2) is 4.79 Å². The Labute approximate surface area is 205 Å². The molecule has 180 valence electrons. The zero-order valence-corrected chi connectivity index (χ0v) is 21.6. The van der Waals surface area contributed by atoms with Gasteiger partial charge in [0, 0.05) is 28.5 Å². The van der Waals surface area contributed by atoms with Gasteiger partial charge < -0.3 is 19.9 Å². The first-order valence-electron chi connectivity index (χ1n) is 11.3. The van der Waals surface area contributed by atoms with Crippen molar-refractivity contribution in [3.8, 4) is 5.75 Å². The Hall–Kier alpha value is -2.25. The molecule has 33 heavy (non-hydrogen) atoms. The summed E-state index contributed by atoms with van der Waals surface area (Å²) in [6.07, 6.45) is 0.814. The minimum atomic E-state index is -0.374. The zero-order chi connectivity index (χ0) is 24.2. The van der Waals surface area contributed by atoms with Gasteiger partial charge in [-0.15, -0.1) is 11.3 Å². The van der Waals surface area contributed by atoms with Crippen LogP contribution in [0.1, 0.15) is 51.1 Å². The van der Waals surface area contributed by atoms with Crippen molar-refractivity contribution in [2.45, 2.75) is 52.6 Å². The normalized spacial score (nSPS) is 15.8. The summed E-state index contributed by atoms with van der Waals surface area (Å²) in [5, 5.41) is 5.70. The maximum atomic E-state index is 13.5. The third kappa shape index (κ3) is 7.11. The Morgan fingerprint density at radius 3 is 2.58 bits per heavy atom. The van der Waals surface area contributed by atoms with Gasteiger partial charge in [0.2, 0.25) is 5.91 Å². The van der Waals surface area contributed by atoms with E-state index in [0.717, 1.165) is 12.0 Å². The average Bonchev–Trinajstić information content (AvgIpc) is 3.20. The van der Waals surface area contributed by atoms with E-state index in [4.69, 9.17) is 16.3 Å². The minimum Gasteiger partial charge on any atom is -0.491 e. The first kappa shape index (κ1) is 25.4. The van der Waals surface area contributed by atoms with Crippen molar-refractivity contribution in [2.75, 3.05) is 26.2 Å².